The maximum Gasteiger partial charge on any atom is 0.261 e. The Kier molecular flexibility index (Phi) is 6.47. The normalized spacial score (nSPS) is 19.1. The standard InChI is InChI=1S/C28H27ClFN7O3/c29-28-21(5-6-22(34-28)35-10-12-39-13-11-35)40-16-24(38)36-9-7-20-26(37-23(33-20)2-1-8-32-37)27(36)25-19(30)14-18(15-31-25)17-3-4-17/h1-2,5-6,8,14-15,17,27H,3-4,7,9-13,16H2. The minimum Gasteiger partial charge on any atom is -0.481 e. The Labute approximate surface area is 234 Å². The van der Waals surface area contributed by atoms with Crippen LogP contribution in [0.15, 0.2) is 42.7 Å². The largest absolute Gasteiger partial charge is 0.481 e. The van der Waals surface area contributed by atoms with Crippen LogP contribution in [0.1, 0.15) is 47.4 Å². The number of pyridine rings is 2. The van der Waals surface area contributed by atoms with Crippen molar-refractivity contribution >= 4 is 29.0 Å². The number of nitrogens with zero attached hydrogens (tertiary/aromatic N) is 7. The van der Waals surface area contributed by atoms with Gasteiger partial charge in [0.25, 0.3) is 5.91 Å². The molecule has 4 aromatic rings. The van der Waals surface area contributed by atoms with Crippen molar-refractivity contribution in [1.29, 1.82) is 0 Å². The van der Waals surface area contributed by atoms with Gasteiger partial charge in [-0.05, 0) is 54.7 Å². The molecular formula is C28H27ClFN7O3. The van der Waals surface area contributed by atoms with E-state index in [1.165, 1.54) is 0 Å². The molecule has 206 valence electrons. The third kappa shape index (κ3) is 4.62. The van der Waals surface area contributed by atoms with Gasteiger partial charge in [-0.15, -0.1) is 0 Å². The van der Waals surface area contributed by atoms with E-state index in [0.717, 1.165) is 43.0 Å². The molecule has 1 atom stereocenters. The number of imidazole rings is 1. The first-order valence-electron chi connectivity index (χ1n) is 13.5. The monoisotopic (exact) mass is 563 g/mol. The van der Waals surface area contributed by atoms with E-state index in [1.54, 1.807) is 40.0 Å². The quantitative estimate of drug-likeness (QED) is 0.328. The van der Waals surface area contributed by atoms with Crippen molar-refractivity contribution in [3.05, 3.63) is 76.3 Å². The second kappa shape index (κ2) is 10.3. The third-order valence-electron chi connectivity index (χ3n) is 7.67. The number of rotatable bonds is 6. The van der Waals surface area contributed by atoms with Gasteiger partial charge < -0.3 is 19.3 Å². The van der Waals surface area contributed by atoms with Crippen molar-refractivity contribution in [2.75, 3.05) is 44.4 Å². The van der Waals surface area contributed by atoms with Crippen molar-refractivity contribution in [1.82, 2.24) is 29.5 Å². The van der Waals surface area contributed by atoms with E-state index < -0.39 is 11.9 Å². The van der Waals surface area contributed by atoms with Gasteiger partial charge in [0.1, 0.15) is 23.4 Å². The number of hydrogen-bond donors (Lipinski definition) is 0. The first-order chi connectivity index (χ1) is 19.6. The van der Waals surface area contributed by atoms with Crippen LogP contribution in [0.2, 0.25) is 5.15 Å². The predicted molar refractivity (Wildman–Crippen MR) is 144 cm³/mol. The van der Waals surface area contributed by atoms with E-state index in [2.05, 4.69) is 20.0 Å². The highest BCUT2D eigenvalue weighted by Crippen LogP contribution is 2.42. The van der Waals surface area contributed by atoms with Crippen LogP contribution >= 0.6 is 11.6 Å². The zero-order valence-electron chi connectivity index (χ0n) is 21.7. The summed E-state index contributed by atoms with van der Waals surface area (Å²) >= 11 is 6.43. The second-order valence-electron chi connectivity index (χ2n) is 10.2. The van der Waals surface area contributed by atoms with Gasteiger partial charge in [0.05, 0.1) is 24.6 Å². The van der Waals surface area contributed by atoms with Gasteiger partial charge in [-0.1, -0.05) is 11.6 Å². The van der Waals surface area contributed by atoms with E-state index in [9.17, 15) is 4.79 Å². The minimum absolute atomic E-state index is 0.167. The second-order valence-corrected chi connectivity index (χ2v) is 10.6. The molecule has 7 rings (SSSR count). The molecule has 1 saturated heterocycles. The molecular weight excluding hydrogens is 537 g/mol. The van der Waals surface area contributed by atoms with Crippen molar-refractivity contribution in [2.24, 2.45) is 0 Å². The molecule has 1 saturated carbocycles. The van der Waals surface area contributed by atoms with Crippen LogP contribution in [-0.4, -0.2) is 74.8 Å². The van der Waals surface area contributed by atoms with Crippen LogP contribution in [-0.2, 0) is 16.0 Å². The van der Waals surface area contributed by atoms with Crippen LogP contribution in [0.5, 0.6) is 5.75 Å². The summed E-state index contributed by atoms with van der Waals surface area (Å²) in [5, 5.41) is 4.63. The molecule has 40 heavy (non-hydrogen) atoms. The number of fused-ring (bicyclic) bond motifs is 3. The molecule has 1 aliphatic carbocycles. The first kappa shape index (κ1) is 25.2. The lowest BCUT2D eigenvalue weighted by atomic mass is 9.98. The zero-order valence-corrected chi connectivity index (χ0v) is 22.4. The van der Waals surface area contributed by atoms with Crippen molar-refractivity contribution < 1.29 is 18.7 Å². The minimum atomic E-state index is -0.810. The molecule has 0 aromatic carbocycles. The molecule has 12 heteroatoms. The molecule has 0 radical (unpaired) electrons. The number of amides is 1. The van der Waals surface area contributed by atoms with Gasteiger partial charge in [0, 0.05) is 38.4 Å². The lowest BCUT2D eigenvalue weighted by Gasteiger charge is -2.35. The van der Waals surface area contributed by atoms with Gasteiger partial charge in [-0.25, -0.2) is 18.9 Å². The summed E-state index contributed by atoms with van der Waals surface area (Å²) in [7, 11) is 0. The average molecular weight is 564 g/mol. The van der Waals surface area contributed by atoms with Gasteiger partial charge >= 0.3 is 0 Å². The highest BCUT2D eigenvalue weighted by atomic mass is 35.5. The van der Waals surface area contributed by atoms with Gasteiger partial charge in [-0.2, -0.15) is 5.10 Å². The van der Waals surface area contributed by atoms with E-state index in [0.29, 0.717) is 49.2 Å². The zero-order chi connectivity index (χ0) is 27.2. The molecule has 6 heterocycles. The molecule has 0 bridgehead atoms. The Hall–Kier alpha value is -3.83. The SMILES string of the molecule is O=C(COc1ccc(N2CCOCC2)nc1Cl)N1CCc2nc3cccnn3c2C1c1ncc(C2CC2)cc1F. The lowest BCUT2D eigenvalue weighted by molar-refractivity contribution is -0.135. The fourth-order valence-electron chi connectivity index (χ4n) is 5.47. The highest BCUT2D eigenvalue weighted by molar-refractivity contribution is 6.31. The number of carbonyl (C=O) groups excluding carboxylic acids is 1. The molecule has 2 fully saturated rings. The molecule has 0 N–H and O–H groups in total. The van der Waals surface area contributed by atoms with Gasteiger partial charge in [0.2, 0.25) is 0 Å². The average Bonchev–Trinajstić information content (AvgIpc) is 3.76. The molecule has 1 amide bonds. The maximum atomic E-state index is 15.6. The van der Waals surface area contributed by atoms with E-state index in [1.807, 2.05) is 12.1 Å². The Bertz CT molecular complexity index is 1590. The Balaban J connectivity index is 1.17. The molecule has 1 unspecified atom stereocenters. The smallest absolute Gasteiger partial charge is 0.261 e. The van der Waals surface area contributed by atoms with Gasteiger partial charge in [-0.3, -0.25) is 9.78 Å². The number of aromatic nitrogens is 5. The van der Waals surface area contributed by atoms with E-state index >= 15 is 4.39 Å². The number of hydrogen-bond acceptors (Lipinski definition) is 8. The van der Waals surface area contributed by atoms with Crippen molar-refractivity contribution in [3.63, 3.8) is 0 Å². The first-order valence-corrected chi connectivity index (χ1v) is 13.8. The Morgan fingerprint density at radius 3 is 2.77 bits per heavy atom. The topological polar surface area (TPSA) is 98.0 Å². The number of halogens is 2. The predicted octanol–water partition coefficient (Wildman–Crippen LogP) is 3.58. The summed E-state index contributed by atoms with van der Waals surface area (Å²) in [6.07, 6.45) is 5.95. The molecule has 4 aromatic heterocycles. The summed E-state index contributed by atoms with van der Waals surface area (Å²) in [5.74, 6) is 0.609. The number of ether oxygens (including phenoxy) is 2. The van der Waals surface area contributed by atoms with Crippen LogP contribution in [0.3, 0.4) is 0 Å². The Morgan fingerprint density at radius 2 is 2.00 bits per heavy atom. The summed E-state index contributed by atoms with van der Waals surface area (Å²) in [6, 6.07) is 7.91. The number of anilines is 1. The fourth-order valence-corrected chi connectivity index (χ4v) is 5.68. The van der Waals surface area contributed by atoms with Crippen molar-refractivity contribution in [3.8, 4) is 5.75 Å². The molecule has 0 spiro atoms. The van der Waals surface area contributed by atoms with Crippen LogP contribution in [0.4, 0.5) is 10.2 Å². The summed E-state index contributed by atoms with van der Waals surface area (Å²) < 4.78 is 28.5. The van der Waals surface area contributed by atoms with Crippen LogP contribution < -0.4 is 9.64 Å². The van der Waals surface area contributed by atoms with Gasteiger partial charge in [0.15, 0.2) is 23.2 Å². The summed E-state index contributed by atoms with van der Waals surface area (Å²) in [6.45, 7) is 2.75. The van der Waals surface area contributed by atoms with Crippen molar-refractivity contribution in [2.45, 2.75) is 31.2 Å². The maximum absolute atomic E-state index is 15.6. The van der Waals surface area contributed by atoms with E-state index in [4.69, 9.17) is 26.1 Å². The highest BCUT2D eigenvalue weighted by Gasteiger charge is 2.39. The number of carbonyl (C=O) groups is 1. The molecule has 10 nitrogen and oxygen atoms in total. The van der Waals surface area contributed by atoms with E-state index in [-0.39, 0.29) is 23.4 Å². The Morgan fingerprint density at radius 1 is 1.15 bits per heavy atom. The van der Waals surface area contributed by atoms with Crippen LogP contribution in [0.25, 0.3) is 5.65 Å². The number of morpholine rings is 1. The summed E-state index contributed by atoms with van der Waals surface area (Å²) in [5.41, 5.74) is 3.09. The molecule has 3 aliphatic rings. The lowest BCUT2D eigenvalue weighted by Crippen LogP contribution is -2.44. The molecule has 2 aliphatic heterocycles. The summed E-state index contributed by atoms with van der Waals surface area (Å²) in [4.78, 5) is 31.0. The third-order valence-corrected chi connectivity index (χ3v) is 7.94. The van der Waals surface area contributed by atoms with Crippen LogP contribution in [0, 0.1) is 5.82 Å². The fraction of sp³-hybridized carbons (Fsp3) is 0.393.